The number of nitrogen functional groups attached to an aromatic ring is 1. The van der Waals surface area contributed by atoms with Gasteiger partial charge in [0.25, 0.3) is 0 Å². The molecule has 0 radical (unpaired) electrons. The molecule has 1 aromatic rings. The van der Waals surface area contributed by atoms with Crippen molar-refractivity contribution < 1.29 is 4.84 Å². The molecule has 0 aromatic carbocycles. The number of nitrogens with two attached hydrogens (primary N) is 1. The van der Waals surface area contributed by atoms with Crippen LogP contribution in [0.2, 0.25) is 5.02 Å². The summed E-state index contributed by atoms with van der Waals surface area (Å²) in [5.41, 5.74) is 8.52. The number of hydrogen-bond donors (Lipinski definition) is 2. The highest BCUT2D eigenvalue weighted by molar-refractivity contribution is 9.10. The van der Waals surface area contributed by atoms with Gasteiger partial charge in [-0.1, -0.05) is 11.6 Å². The number of pyridine rings is 1. The van der Waals surface area contributed by atoms with Crippen molar-refractivity contribution in [2.75, 3.05) is 18.3 Å². The second-order valence-corrected chi connectivity index (χ2v) is 3.22. The van der Waals surface area contributed by atoms with Crippen LogP contribution in [-0.2, 0) is 4.84 Å². The van der Waals surface area contributed by atoms with Crippen molar-refractivity contribution in [3.63, 3.8) is 0 Å². The first-order valence-electron chi connectivity index (χ1n) is 3.05. The quantitative estimate of drug-likeness (QED) is 0.791. The van der Waals surface area contributed by atoms with E-state index in [4.69, 9.17) is 17.3 Å². The molecule has 0 bridgehead atoms. The third-order valence-electron chi connectivity index (χ3n) is 1.21. The average Bonchev–Trinajstić information content (AvgIpc) is 2.06. The van der Waals surface area contributed by atoms with Gasteiger partial charge >= 0.3 is 0 Å². The van der Waals surface area contributed by atoms with Crippen LogP contribution in [0.15, 0.2) is 10.7 Å². The lowest BCUT2D eigenvalue weighted by Crippen LogP contribution is -2.02. The SMILES string of the molecule is CONc1c(N)ncc(Br)c1Cl. The van der Waals surface area contributed by atoms with Gasteiger partial charge in [0, 0.05) is 6.20 Å². The van der Waals surface area contributed by atoms with Crippen LogP contribution >= 0.6 is 27.5 Å². The van der Waals surface area contributed by atoms with Gasteiger partial charge in [-0.25, -0.2) is 4.98 Å². The summed E-state index contributed by atoms with van der Waals surface area (Å²) in [6.07, 6.45) is 1.53. The zero-order valence-corrected chi connectivity index (χ0v) is 8.61. The lowest BCUT2D eigenvalue weighted by molar-refractivity contribution is 0.271. The summed E-state index contributed by atoms with van der Waals surface area (Å²) >= 11 is 9.07. The minimum atomic E-state index is 0.296. The fourth-order valence-electron chi connectivity index (χ4n) is 0.678. The lowest BCUT2D eigenvalue weighted by atomic mass is 10.4. The molecule has 4 nitrogen and oxygen atoms in total. The van der Waals surface area contributed by atoms with Crippen LogP contribution in [0.3, 0.4) is 0 Å². The number of aromatic nitrogens is 1. The molecule has 0 atom stereocenters. The second-order valence-electron chi connectivity index (χ2n) is 1.99. The third kappa shape index (κ3) is 1.80. The van der Waals surface area contributed by atoms with Crippen molar-refractivity contribution in [1.82, 2.24) is 4.98 Å². The highest BCUT2D eigenvalue weighted by atomic mass is 79.9. The first-order valence-corrected chi connectivity index (χ1v) is 4.22. The third-order valence-corrected chi connectivity index (χ3v) is 2.43. The van der Waals surface area contributed by atoms with Crippen LogP contribution in [0.4, 0.5) is 11.5 Å². The van der Waals surface area contributed by atoms with Crippen molar-refractivity contribution in [2.24, 2.45) is 0 Å². The van der Waals surface area contributed by atoms with Crippen molar-refractivity contribution >= 4 is 39.0 Å². The molecule has 0 saturated carbocycles. The van der Waals surface area contributed by atoms with Gasteiger partial charge in [0.05, 0.1) is 16.6 Å². The minimum Gasteiger partial charge on any atom is -0.382 e. The van der Waals surface area contributed by atoms with E-state index in [0.29, 0.717) is 21.0 Å². The fraction of sp³-hybridized carbons (Fsp3) is 0.167. The molecule has 6 heteroatoms. The first kappa shape index (κ1) is 9.57. The zero-order chi connectivity index (χ0) is 9.14. The summed E-state index contributed by atoms with van der Waals surface area (Å²) < 4.78 is 0.665. The van der Waals surface area contributed by atoms with Crippen molar-refractivity contribution in [2.45, 2.75) is 0 Å². The van der Waals surface area contributed by atoms with Crippen LogP contribution in [0.1, 0.15) is 0 Å². The van der Waals surface area contributed by atoms with E-state index in [1.165, 1.54) is 13.3 Å². The number of nitrogens with one attached hydrogen (secondary N) is 1. The Morgan fingerprint density at radius 2 is 2.42 bits per heavy atom. The molecule has 0 unspecified atom stereocenters. The highest BCUT2D eigenvalue weighted by Gasteiger charge is 2.08. The van der Waals surface area contributed by atoms with Crippen LogP contribution in [0.25, 0.3) is 0 Å². The van der Waals surface area contributed by atoms with E-state index in [2.05, 4.69) is 31.2 Å². The van der Waals surface area contributed by atoms with E-state index in [0.717, 1.165) is 0 Å². The fourth-order valence-corrected chi connectivity index (χ4v) is 1.16. The van der Waals surface area contributed by atoms with E-state index in [1.54, 1.807) is 0 Å². The normalized spacial score (nSPS) is 9.92. The molecular weight excluding hydrogens is 245 g/mol. The monoisotopic (exact) mass is 251 g/mol. The second kappa shape index (κ2) is 3.93. The predicted octanol–water partition coefficient (Wildman–Crippen LogP) is 2.05. The Bertz CT molecular complexity index is 294. The van der Waals surface area contributed by atoms with Gasteiger partial charge in [0.1, 0.15) is 5.69 Å². The molecule has 0 aliphatic rings. The number of anilines is 2. The van der Waals surface area contributed by atoms with E-state index in [-0.39, 0.29) is 0 Å². The maximum atomic E-state index is 5.87. The molecule has 12 heavy (non-hydrogen) atoms. The Kier molecular flexibility index (Phi) is 3.13. The molecule has 0 amide bonds. The van der Waals surface area contributed by atoms with E-state index in [9.17, 15) is 0 Å². The maximum Gasteiger partial charge on any atom is 0.150 e. The Balaban J connectivity index is 3.14. The van der Waals surface area contributed by atoms with Gasteiger partial charge < -0.3 is 5.73 Å². The largest absolute Gasteiger partial charge is 0.382 e. The van der Waals surface area contributed by atoms with E-state index < -0.39 is 0 Å². The van der Waals surface area contributed by atoms with E-state index >= 15 is 0 Å². The number of nitrogens with zero attached hydrogens (tertiary/aromatic N) is 1. The molecule has 0 saturated heterocycles. The number of hydrogen-bond acceptors (Lipinski definition) is 4. The molecule has 1 rings (SSSR count). The average molecular weight is 252 g/mol. The Hall–Kier alpha value is -0.520. The summed E-state index contributed by atoms with van der Waals surface area (Å²) in [6, 6.07) is 0. The molecule has 0 fully saturated rings. The van der Waals surface area contributed by atoms with Gasteiger partial charge in [-0.05, 0) is 15.9 Å². The lowest BCUT2D eigenvalue weighted by Gasteiger charge is -2.08. The predicted molar refractivity (Wildman–Crippen MR) is 52.0 cm³/mol. The van der Waals surface area contributed by atoms with Crippen LogP contribution in [0.5, 0.6) is 0 Å². The van der Waals surface area contributed by atoms with Crippen molar-refractivity contribution in [1.29, 1.82) is 0 Å². The number of rotatable bonds is 2. The summed E-state index contributed by atoms with van der Waals surface area (Å²) in [6.45, 7) is 0. The first-order chi connectivity index (χ1) is 5.66. The molecule has 0 spiro atoms. The smallest absolute Gasteiger partial charge is 0.150 e. The maximum absolute atomic E-state index is 5.87. The van der Waals surface area contributed by atoms with Gasteiger partial charge in [-0.15, -0.1) is 0 Å². The molecule has 66 valence electrons. The Labute approximate surface area is 83.1 Å². The topological polar surface area (TPSA) is 60.2 Å². The molecule has 1 heterocycles. The summed E-state index contributed by atoms with van der Waals surface area (Å²) in [5, 5.41) is 0.448. The molecule has 0 aliphatic carbocycles. The van der Waals surface area contributed by atoms with Gasteiger partial charge in [-0.2, -0.15) is 0 Å². The Morgan fingerprint density at radius 1 is 1.75 bits per heavy atom. The summed E-state index contributed by atoms with van der Waals surface area (Å²) in [5.74, 6) is 0.296. The molecule has 1 aromatic heterocycles. The standard InChI is InChI=1S/C6H7BrClN3O/c1-12-11-5-4(8)3(7)2-10-6(5)9/h2,11H,1H3,(H2,9,10). The minimum absolute atomic E-state index is 0.296. The van der Waals surface area contributed by atoms with Gasteiger partial charge in [0.15, 0.2) is 5.82 Å². The highest BCUT2D eigenvalue weighted by Crippen LogP contribution is 2.32. The van der Waals surface area contributed by atoms with Crippen LogP contribution in [-0.4, -0.2) is 12.1 Å². The summed E-state index contributed by atoms with van der Waals surface area (Å²) in [4.78, 5) is 8.53. The van der Waals surface area contributed by atoms with Crippen molar-refractivity contribution in [3.05, 3.63) is 15.7 Å². The zero-order valence-electron chi connectivity index (χ0n) is 6.27. The van der Waals surface area contributed by atoms with Gasteiger partial charge in [-0.3, -0.25) is 10.3 Å². The number of halogens is 2. The Morgan fingerprint density at radius 3 is 3.00 bits per heavy atom. The van der Waals surface area contributed by atoms with Crippen molar-refractivity contribution in [3.8, 4) is 0 Å². The summed E-state index contributed by atoms with van der Waals surface area (Å²) in [7, 11) is 1.47. The van der Waals surface area contributed by atoms with Crippen LogP contribution in [0, 0.1) is 0 Å². The molecular formula is C6H7BrClN3O. The molecule has 3 N–H and O–H groups in total. The van der Waals surface area contributed by atoms with E-state index in [1.807, 2.05) is 0 Å². The van der Waals surface area contributed by atoms with Crippen LogP contribution < -0.4 is 11.2 Å². The van der Waals surface area contributed by atoms with Gasteiger partial charge in [0.2, 0.25) is 0 Å². The molecule has 0 aliphatic heterocycles.